The zero-order valence-corrected chi connectivity index (χ0v) is 26.1. The van der Waals surface area contributed by atoms with Crippen LogP contribution >= 0.6 is 0 Å². The van der Waals surface area contributed by atoms with Crippen LogP contribution in [0.25, 0.3) is 43.8 Å². The number of para-hydroxylation sites is 2. The van der Waals surface area contributed by atoms with Crippen LogP contribution in [0.2, 0.25) is 0 Å². The topological polar surface area (TPSA) is 27.0 Å². The Morgan fingerprint density at radius 2 is 1.02 bits per heavy atom. The minimum absolute atomic E-state index is 0.516. The van der Waals surface area contributed by atoms with Crippen molar-refractivity contribution >= 4 is 38.6 Å². The molecule has 0 N–H and O–H groups in total. The van der Waals surface area contributed by atoms with Crippen LogP contribution in [0, 0.1) is 11.3 Å². The van der Waals surface area contributed by atoms with Crippen LogP contribution in [-0.2, 0) is 5.41 Å². The smallest absolute Gasteiger partial charge is 0.101 e. The van der Waals surface area contributed by atoms with Gasteiger partial charge in [-0.05, 0) is 91.0 Å². The molecule has 2 aliphatic carbocycles. The number of hydrogen-bond donors (Lipinski definition) is 0. The number of rotatable bonds is 3. The van der Waals surface area contributed by atoms with E-state index >= 15 is 0 Å². The molecule has 0 fully saturated rings. The first-order chi connectivity index (χ1) is 23.8. The Bertz CT molecular complexity index is 2600. The van der Waals surface area contributed by atoms with Crippen LogP contribution in [0.5, 0.6) is 0 Å². The third-order valence-corrected chi connectivity index (χ3v) is 10.5. The van der Waals surface area contributed by atoms with Crippen molar-refractivity contribution < 1.29 is 0 Å². The third-order valence-electron chi connectivity index (χ3n) is 10.5. The maximum Gasteiger partial charge on any atom is 0.101 e. The van der Waals surface area contributed by atoms with Gasteiger partial charge in [0, 0.05) is 11.1 Å². The SMILES string of the molecule is N#Cc1ccccc1N(c1ccccc1)c1cc2c(c3ccccc13)-c1c(ccc3ccccc13)C21c2ccccc2-c2ccccc21. The van der Waals surface area contributed by atoms with Gasteiger partial charge >= 0.3 is 0 Å². The van der Waals surface area contributed by atoms with Gasteiger partial charge in [0.05, 0.1) is 22.4 Å². The van der Waals surface area contributed by atoms with E-state index in [9.17, 15) is 5.26 Å². The summed E-state index contributed by atoms with van der Waals surface area (Å²) < 4.78 is 0. The van der Waals surface area contributed by atoms with Crippen LogP contribution in [-0.4, -0.2) is 0 Å². The molecule has 0 aliphatic heterocycles. The van der Waals surface area contributed by atoms with E-state index in [0.717, 1.165) is 22.4 Å². The molecule has 2 heteroatoms. The van der Waals surface area contributed by atoms with E-state index in [1.807, 2.05) is 24.3 Å². The van der Waals surface area contributed by atoms with Gasteiger partial charge in [-0.25, -0.2) is 0 Å². The van der Waals surface area contributed by atoms with Crippen molar-refractivity contribution in [2.24, 2.45) is 0 Å². The van der Waals surface area contributed by atoms with Crippen molar-refractivity contribution in [2.75, 3.05) is 4.90 Å². The molecule has 8 aromatic carbocycles. The number of nitrogens with zero attached hydrogens (tertiary/aromatic N) is 2. The lowest BCUT2D eigenvalue weighted by Crippen LogP contribution is -2.26. The summed E-state index contributed by atoms with van der Waals surface area (Å²) >= 11 is 0. The van der Waals surface area contributed by atoms with Crippen molar-refractivity contribution in [3.05, 3.63) is 198 Å². The van der Waals surface area contributed by atoms with Crippen molar-refractivity contribution in [1.82, 2.24) is 0 Å². The highest BCUT2D eigenvalue weighted by Gasteiger charge is 2.52. The summed E-state index contributed by atoms with van der Waals surface area (Å²) in [7, 11) is 0. The van der Waals surface area contributed by atoms with Gasteiger partial charge in [-0.15, -0.1) is 0 Å². The largest absolute Gasteiger partial charge is 0.309 e. The van der Waals surface area contributed by atoms with Gasteiger partial charge in [-0.3, -0.25) is 0 Å². The van der Waals surface area contributed by atoms with E-state index in [-0.39, 0.29) is 0 Å². The summed E-state index contributed by atoms with van der Waals surface area (Å²) in [5, 5.41) is 15.2. The molecule has 0 amide bonds. The fraction of sp³-hybridized carbons (Fsp3) is 0.0217. The Hall–Kier alpha value is -6.43. The predicted octanol–water partition coefficient (Wildman–Crippen LogP) is 11.7. The van der Waals surface area contributed by atoms with Gasteiger partial charge < -0.3 is 4.90 Å². The van der Waals surface area contributed by atoms with Crippen molar-refractivity contribution in [1.29, 1.82) is 5.26 Å². The number of benzene rings is 8. The first-order valence-corrected chi connectivity index (χ1v) is 16.4. The lowest BCUT2D eigenvalue weighted by Gasteiger charge is -2.33. The molecule has 0 radical (unpaired) electrons. The van der Waals surface area contributed by atoms with E-state index in [0.29, 0.717) is 5.56 Å². The Morgan fingerprint density at radius 3 is 1.77 bits per heavy atom. The lowest BCUT2D eigenvalue weighted by atomic mass is 9.70. The standard InChI is InChI=1S/C46H28N2/c47-29-31-15-5-13-25-42(31)48(32-16-2-1-3-17-32)43-28-41-45(37-22-8-7-21-36(37)43)44-33-18-6-4-14-30(33)26-27-40(44)46(41)38-23-11-9-19-34(38)35-20-10-12-24-39(35)46/h1-28H. The number of anilines is 3. The third kappa shape index (κ3) is 3.40. The van der Waals surface area contributed by atoms with Crippen LogP contribution in [0.1, 0.15) is 27.8 Å². The van der Waals surface area contributed by atoms with Crippen molar-refractivity contribution in [2.45, 2.75) is 5.41 Å². The molecule has 10 rings (SSSR count). The Balaban J connectivity index is 1.43. The van der Waals surface area contributed by atoms with Gasteiger partial charge in [0.25, 0.3) is 0 Å². The number of nitriles is 1. The number of fused-ring (bicyclic) bond motifs is 14. The molecule has 0 saturated carbocycles. The molecule has 2 aliphatic rings. The highest BCUT2D eigenvalue weighted by atomic mass is 15.1. The molecule has 0 atom stereocenters. The highest BCUT2D eigenvalue weighted by molar-refractivity contribution is 6.17. The average molecular weight is 609 g/mol. The molecular formula is C46H28N2. The maximum atomic E-state index is 10.4. The molecular weight excluding hydrogens is 581 g/mol. The van der Waals surface area contributed by atoms with Crippen molar-refractivity contribution in [3.8, 4) is 28.3 Å². The highest BCUT2D eigenvalue weighted by Crippen LogP contribution is 2.65. The van der Waals surface area contributed by atoms with Crippen LogP contribution < -0.4 is 4.90 Å². The van der Waals surface area contributed by atoms with Gasteiger partial charge in [-0.2, -0.15) is 5.26 Å². The van der Waals surface area contributed by atoms with E-state index in [2.05, 4.69) is 157 Å². The second kappa shape index (κ2) is 10.0. The van der Waals surface area contributed by atoms with Gasteiger partial charge in [0.1, 0.15) is 6.07 Å². The molecule has 48 heavy (non-hydrogen) atoms. The summed E-state index contributed by atoms with van der Waals surface area (Å²) in [6.07, 6.45) is 0. The molecule has 0 aromatic heterocycles. The minimum Gasteiger partial charge on any atom is -0.309 e. The normalized spacial score (nSPS) is 13.1. The molecule has 8 aromatic rings. The first-order valence-electron chi connectivity index (χ1n) is 16.4. The summed E-state index contributed by atoms with van der Waals surface area (Å²) in [6.45, 7) is 0. The van der Waals surface area contributed by atoms with Crippen LogP contribution in [0.15, 0.2) is 170 Å². The first kappa shape index (κ1) is 26.8. The maximum absolute atomic E-state index is 10.4. The molecule has 222 valence electrons. The molecule has 2 nitrogen and oxygen atoms in total. The molecule has 1 spiro atoms. The van der Waals surface area contributed by atoms with Crippen LogP contribution in [0.3, 0.4) is 0 Å². The quantitative estimate of drug-likeness (QED) is 0.199. The second-order valence-corrected chi connectivity index (χ2v) is 12.7. The summed E-state index contributed by atoms with van der Waals surface area (Å²) in [5.74, 6) is 0. The Labute approximate surface area is 279 Å². The minimum atomic E-state index is -0.516. The van der Waals surface area contributed by atoms with Crippen LogP contribution in [0.4, 0.5) is 17.1 Å². The fourth-order valence-electron chi connectivity index (χ4n) is 8.67. The fourth-order valence-corrected chi connectivity index (χ4v) is 8.67. The van der Waals surface area contributed by atoms with E-state index in [4.69, 9.17) is 0 Å². The summed E-state index contributed by atoms with van der Waals surface area (Å²) in [6, 6.07) is 63.5. The lowest BCUT2D eigenvalue weighted by molar-refractivity contribution is 0.795. The van der Waals surface area contributed by atoms with E-state index in [1.54, 1.807) is 0 Å². The summed E-state index contributed by atoms with van der Waals surface area (Å²) in [4.78, 5) is 2.28. The molecule has 0 unspecified atom stereocenters. The summed E-state index contributed by atoms with van der Waals surface area (Å²) in [5.41, 5.74) is 13.4. The Morgan fingerprint density at radius 1 is 0.438 bits per heavy atom. The number of hydrogen-bond acceptors (Lipinski definition) is 2. The van der Waals surface area contributed by atoms with Crippen molar-refractivity contribution in [3.63, 3.8) is 0 Å². The molecule has 0 saturated heterocycles. The van der Waals surface area contributed by atoms with Gasteiger partial charge in [0.15, 0.2) is 0 Å². The zero-order chi connectivity index (χ0) is 31.8. The Kier molecular flexibility index (Phi) is 5.59. The molecule has 0 heterocycles. The zero-order valence-electron chi connectivity index (χ0n) is 26.1. The van der Waals surface area contributed by atoms with Gasteiger partial charge in [-0.1, -0.05) is 140 Å². The van der Waals surface area contributed by atoms with E-state index in [1.165, 1.54) is 60.7 Å². The van der Waals surface area contributed by atoms with Gasteiger partial charge in [0.2, 0.25) is 0 Å². The van der Waals surface area contributed by atoms with E-state index < -0.39 is 5.41 Å². The molecule has 0 bridgehead atoms. The predicted molar refractivity (Wildman–Crippen MR) is 197 cm³/mol. The average Bonchev–Trinajstić information content (AvgIpc) is 3.63. The monoisotopic (exact) mass is 608 g/mol. The second-order valence-electron chi connectivity index (χ2n) is 12.7.